The highest BCUT2D eigenvalue weighted by Gasteiger charge is 2.37. The molecular formula is C15H21NO2. The second-order valence-electron chi connectivity index (χ2n) is 5.76. The summed E-state index contributed by atoms with van der Waals surface area (Å²) >= 11 is 0. The van der Waals surface area contributed by atoms with Crippen molar-refractivity contribution >= 4 is 5.91 Å². The molecular weight excluding hydrogens is 226 g/mol. The van der Waals surface area contributed by atoms with Crippen molar-refractivity contribution in [2.24, 2.45) is 5.92 Å². The number of nitrogens with one attached hydrogen (secondary N) is 1. The van der Waals surface area contributed by atoms with Crippen molar-refractivity contribution in [3.8, 4) is 0 Å². The van der Waals surface area contributed by atoms with E-state index in [1.165, 1.54) is 0 Å². The van der Waals surface area contributed by atoms with Gasteiger partial charge in [-0.2, -0.15) is 0 Å². The number of carbonyl (C=O) groups excluding carboxylic acids is 1. The second kappa shape index (κ2) is 5.11. The van der Waals surface area contributed by atoms with E-state index in [1.807, 2.05) is 30.3 Å². The van der Waals surface area contributed by atoms with Gasteiger partial charge in [0.05, 0.1) is 11.5 Å². The normalized spacial score (nSPS) is 17.3. The van der Waals surface area contributed by atoms with Gasteiger partial charge in [-0.15, -0.1) is 0 Å². The van der Waals surface area contributed by atoms with Crippen molar-refractivity contribution in [3.05, 3.63) is 35.9 Å². The van der Waals surface area contributed by atoms with Gasteiger partial charge in [0.1, 0.15) is 0 Å². The van der Waals surface area contributed by atoms with Crippen LogP contribution in [-0.4, -0.2) is 23.2 Å². The monoisotopic (exact) mass is 247 g/mol. The Kier molecular flexibility index (Phi) is 3.71. The third-order valence-electron chi connectivity index (χ3n) is 3.23. The van der Waals surface area contributed by atoms with Gasteiger partial charge >= 0.3 is 0 Å². The molecule has 1 saturated carbocycles. The zero-order valence-corrected chi connectivity index (χ0v) is 11.0. The summed E-state index contributed by atoms with van der Waals surface area (Å²) in [7, 11) is 0. The lowest BCUT2D eigenvalue weighted by Crippen LogP contribution is -2.40. The van der Waals surface area contributed by atoms with E-state index in [2.05, 4.69) is 5.32 Å². The van der Waals surface area contributed by atoms with Crippen molar-refractivity contribution in [1.82, 2.24) is 5.32 Å². The largest absolute Gasteiger partial charge is 0.389 e. The van der Waals surface area contributed by atoms with Gasteiger partial charge in [0.25, 0.3) is 0 Å². The van der Waals surface area contributed by atoms with Crippen LogP contribution in [0.15, 0.2) is 30.3 Å². The lowest BCUT2D eigenvalue weighted by atomic mass is 9.93. The zero-order valence-electron chi connectivity index (χ0n) is 11.0. The van der Waals surface area contributed by atoms with Gasteiger partial charge in [0.2, 0.25) is 5.91 Å². The highest BCUT2D eigenvalue weighted by Crippen LogP contribution is 2.42. The maximum Gasteiger partial charge on any atom is 0.227 e. The summed E-state index contributed by atoms with van der Waals surface area (Å²) in [5.41, 5.74) is 0.216. The summed E-state index contributed by atoms with van der Waals surface area (Å²) in [4.78, 5) is 12.2. The fourth-order valence-electron chi connectivity index (χ4n) is 2.14. The molecule has 1 aliphatic rings. The van der Waals surface area contributed by atoms with E-state index >= 15 is 0 Å². The number of carbonyl (C=O) groups is 1. The van der Waals surface area contributed by atoms with Crippen LogP contribution in [0.2, 0.25) is 0 Å². The zero-order chi connectivity index (χ0) is 13.2. The molecule has 0 bridgehead atoms. The average molecular weight is 247 g/mol. The quantitative estimate of drug-likeness (QED) is 0.837. The Morgan fingerprint density at radius 3 is 2.50 bits per heavy atom. The maximum absolute atomic E-state index is 12.2. The molecule has 0 aliphatic heterocycles. The van der Waals surface area contributed by atoms with Crippen molar-refractivity contribution in [3.63, 3.8) is 0 Å². The number of hydrogen-bond acceptors (Lipinski definition) is 2. The third kappa shape index (κ3) is 3.57. The first-order chi connectivity index (χ1) is 8.47. The molecule has 2 rings (SSSR count). The summed E-state index contributed by atoms with van der Waals surface area (Å²) in [6, 6.07) is 9.91. The molecule has 1 aliphatic carbocycles. The highest BCUT2D eigenvalue weighted by atomic mass is 16.3. The fraction of sp³-hybridized carbons (Fsp3) is 0.533. The number of benzene rings is 1. The molecule has 1 atom stereocenters. The second-order valence-corrected chi connectivity index (χ2v) is 5.76. The van der Waals surface area contributed by atoms with E-state index in [9.17, 15) is 9.90 Å². The van der Waals surface area contributed by atoms with Gasteiger partial charge in [-0.25, -0.2) is 0 Å². The minimum atomic E-state index is -0.861. The summed E-state index contributed by atoms with van der Waals surface area (Å²) in [5.74, 6) is 0.439. The first-order valence-corrected chi connectivity index (χ1v) is 6.52. The van der Waals surface area contributed by atoms with Crippen LogP contribution in [0.1, 0.15) is 38.2 Å². The molecule has 2 N–H and O–H groups in total. The van der Waals surface area contributed by atoms with Gasteiger partial charge in [-0.3, -0.25) is 4.79 Å². The SMILES string of the molecule is CC(C)(O)CNC(=O)C(c1ccccc1)C1CC1. The Bertz CT molecular complexity index is 404. The molecule has 0 saturated heterocycles. The predicted octanol–water partition coefficient (Wildman–Crippen LogP) is 2.07. The number of aliphatic hydroxyl groups is 1. The molecule has 1 amide bonds. The predicted molar refractivity (Wildman–Crippen MR) is 71.2 cm³/mol. The number of amides is 1. The van der Waals surface area contributed by atoms with Crippen LogP contribution in [-0.2, 0) is 4.79 Å². The minimum absolute atomic E-state index is 0.0332. The van der Waals surface area contributed by atoms with E-state index in [-0.39, 0.29) is 11.8 Å². The summed E-state index contributed by atoms with van der Waals surface area (Å²) in [6.45, 7) is 3.69. The first kappa shape index (κ1) is 13.1. The molecule has 3 nitrogen and oxygen atoms in total. The van der Waals surface area contributed by atoms with Crippen molar-refractivity contribution < 1.29 is 9.90 Å². The summed E-state index contributed by atoms with van der Waals surface area (Å²) in [6.07, 6.45) is 2.24. The van der Waals surface area contributed by atoms with E-state index in [0.29, 0.717) is 12.5 Å². The molecule has 0 aromatic heterocycles. The topological polar surface area (TPSA) is 49.3 Å². The minimum Gasteiger partial charge on any atom is -0.389 e. The van der Waals surface area contributed by atoms with E-state index in [4.69, 9.17) is 0 Å². The molecule has 3 heteroatoms. The molecule has 1 aromatic carbocycles. The Morgan fingerprint density at radius 1 is 1.39 bits per heavy atom. The van der Waals surface area contributed by atoms with Crippen molar-refractivity contribution in [1.29, 1.82) is 0 Å². The van der Waals surface area contributed by atoms with Gasteiger partial charge in [-0.1, -0.05) is 30.3 Å². The summed E-state index contributed by atoms with van der Waals surface area (Å²) < 4.78 is 0. The summed E-state index contributed by atoms with van der Waals surface area (Å²) in [5, 5.41) is 12.5. The standard InChI is InChI=1S/C15H21NO2/c1-15(2,18)10-16-14(17)13(12-8-9-12)11-6-4-3-5-7-11/h3-7,12-13,18H,8-10H2,1-2H3,(H,16,17). The Morgan fingerprint density at radius 2 is 2.00 bits per heavy atom. The van der Waals surface area contributed by atoms with E-state index < -0.39 is 5.60 Å². The van der Waals surface area contributed by atoms with Crippen LogP contribution in [0.3, 0.4) is 0 Å². The molecule has 98 valence electrons. The van der Waals surface area contributed by atoms with Crippen LogP contribution in [0, 0.1) is 5.92 Å². The van der Waals surface area contributed by atoms with Crippen molar-refractivity contribution in [2.45, 2.75) is 38.2 Å². The average Bonchev–Trinajstić information content (AvgIpc) is 3.12. The Balaban J connectivity index is 2.05. The Hall–Kier alpha value is -1.35. The number of hydrogen-bond donors (Lipinski definition) is 2. The van der Waals surface area contributed by atoms with Gasteiger partial charge in [-0.05, 0) is 38.2 Å². The number of rotatable bonds is 5. The molecule has 18 heavy (non-hydrogen) atoms. The third-order valence-corrected chi connectivity index (χ3v) is 3.23. The first-order valence-electron chi connectivity index (χ1n) is 6.52. The van der Waals surface area contributed by atoms with Crippen molar-refractivity contribution in [2.75, 3.05) is 6.54 Å². The fourth-order valence-corrected chi connectivity index (χ4v) is 2.14. The van der Waals surface area contributed by atoms with E-state index in [1.54, 1.807) is 13.8 Å². The van der Waals surface area contributed by atoms with Gasteiger partial charge in [0, 0.05) is 6.54 Å². The highest BCUT2D eigenvalue weighted by molar-refractivity contribution is 5.84. The molecule has 0 heterocycles. The van der Waals surface area contributed by atoms with Crippen LogP contribution >= 0.6 is 0 Å². The molecule has 0 radical (unpaired) electrons. The lowest BCUT2D eigenvalue weighted by molar-refractivity contribution is -0.124. The van der Waals surface area contributed by atoms with Crippen LogP contribution in [0.25, 0.3) is 0 Å². The maximum atomic E-state index is 12.2. The van der Waals surface area contributed by atoms with E-state index in [0.717, 1.165) is 18.4 Å². The van der Waals surface area contributed by atoms with Gasteiger partial charge < -0.3 is 10.4 Å². The van der Waals surface area contributed by atoms with Crippen LogP contribution < -0.4 is 5.32 Å². The van der Waals surface area contributed by atoms with Crippen LogP contribution in [0.4, 0.5) is 0 Å². The lowest BCUT2D eigenvalue weighted by Gasteiger charge is -2.21. The molecule has 1 fully saturated rings. The van der Waals surface area contributed by atoms with Crippen LogP contribution in [0.5, 0.6) is 0 Å². The smallest absolute Gasteiger partial charge is 0.227 e. The van der Waals surface area contributed by atoms with Gasteiger partial charge in [0.15, 0.2) is 0 Å². The Labute approximate surface area is 108 Å². The molecule has 1 unspecified atom stereocenters. The molecule has 1 aromatic rings. The molecule has 0 spiro atoms.